The molecule has 0 aromatic rings. The molecular formula is C18H28N2O3. The summed E-state index contributed by atoms with van der Waals surface area (Å²) in [6, 6.07) is 0.166. The molecule has 1 aliphatic heterocycles. The lowest BCUT2D eigenvalue weighted by molar-refractivity contribution is -0.156. The Hall–Kier alpha value is -1.23. The van der Waals surface area contributed by atoms with Crippen molar-refractivity contribution in [3.8, 4) is 0 Å². The number of amides is 1. The number of Topliss-reactive ketones (excluding diaryl/α,β-unsaturated/α-hetero) is 2. The fourth-order valence-electron chi connectivity index (χ4n) is 5.09. The molecule has 3 fully saturated rings. The van der Waals surface area contributed by atoms with Crippen LogP contribution >= 0.6 is 0 Å². The van der Waals surface area contributed by atoms with Crippen LogP contribution in [0.15, 0.2) is 0 Å². The molecule has 0 aromatic carbocycles. The Labute approximate surface area is 138 Å². The first-order valence-electron chi connectivity index (χ1n) is 8.64. The molecule has 2 atom stereocenters. The first kappa shape index (κ1) is 16.6. The van der Waals surface area contributed by atoms with Gasteiger partial charge in [-0.2, -0.15) is 0 Å². The Bertz CT molecular complexity index is 577. The van der Waals surface area contributed by atoms with E-state index in [1.165, 1.54) is 0 Å². The van der Waals surface area contributed by atoms with Crippen LogP contribution in [0.1, 0.15) is 46.5 Å². The average molecular weight is 320 g/mol. The van der Waals surface area contributed by atoms with Gasteiger partial charge in [-0.05, 0) is 51.2 Å². The monoisotopic (exact) mass is 320 g/mol. The highest BCUT2D eigenvalue weighted by Gasteiger charge is 2.78. The van der Waals surface area contributed by atoms with Gasteiger partial charge in [-0.25, -0.2) is 0 Å². The standard InChI is InChI=1S/C18H28N2O3/c1-16(2)17(3)8-9-18(16,14(22)13(17)21)15(23)20(5)12-6-10-19(4)11-7-12/h12H,6-11H2,1-5H3/t17-,18-/m1/s1. The van der Waals surface area contributed by atoms with Crippen LogP contribution in [0.5, 0.6) is 0 Å². The quantitative estimate of drug-likeness (QED) is 0.571. The van der Waals surface area contributed by atoms with Crippen LogP contribution < -0.4 is 0 Å². The van der Waals surface area contributed by atoms with E-state index >= 15 is 0 Å². The van der Waals surface area contributed by atoms with Crippen LogP contribution in [0.2, 0.25) is 0 Å². The molecule has 0 unspecified atom stereocenters. The minimum Gasteiger partial charge on any atom is -0.342 e. The van der Waals surface area contributed by atoms with Gasteiger partial charge in [0.15, 0.2) is 0 Å². The van der Waals surface area contributed by atoms with Crippen molar-refractivity contribution in [2.75, 3.05) is 27.2 Å². The topological polar surface area (TPSA) is 57.7 Å². The highest BCUT2D eigenvalue weighted by Crippen LogP contribution is 2.69. The summed E-state index contributed by atoms with van der Waals surface area (Å²) in [5.74, 6) is -0.906. The number of carbonyl (C=O) groups is 3. The molecule has 1 amide bonds. The van der Waals surface area contributed by atoms with E-state index in [1.807, 2.05) is 27.8 Å². The maximum absolute atomic E-state index is 13.4. The SMILES string of the molecule is CN1CCC(N(C)C(=O)[C@@]23CC[C@](C)(C(=O)C2=O)C3(C)C)CC1. The van der Waals surface area contributed by atoms with Crippen molar-refractivity contribution >= 4 is 17.5 Å². The summed E-state index contributed by atoms with van der Waals surface area (Å²) in [5.41, 5.74) is -2.44. The predicted molar refractivity (Wildman–Crippen MR) is 86.9 cm³/mol. The van der Waals surface area contributed by atoms with Gasteiger partial charge in [-0.1, -0.05) is 20.8 Å². The lowest BCUT2D eigenvalue weighted by Crippen LogP contribution is -2.55. The second-order valence-electron chi connectivity index (χ2n) is 8.47. The fourth-order valence-corrected chi connectivity index (χ4v) is 5.09. The highest BCUT2D eigenvalue weighted by molar-refractivity contribution is 6.48. The normalized spacial score (nSPS) is 37.4. The van der Waals surface area contributed by atoms with Crippen molar-refractivity contribution < 1.29 is 14.4 Å². The molecule has 1 heterocycles. The van der Waals surface area contributed by atoms with Gasteiger partial charge in [0, 0.05) is 18.5 Å². The van der Waals surface area contributed by atoms with E-state index in [9.17, 15) is 14.4 Å². The smallest absolute Gasteiger partial charge is 0.237 e. The number of piperidine rings is 1. The van der Waals surface area contributed by atoms with Crippen molar-refractivity contribution in [2.45, 2.75) is 52.5 Å². The van der Waals surface area contributed by atoms with Crippen molar-refractivity contribution in [3.63, 3.8) is 0 Å². The molecule has 23 heavy (non-hydrogen) atoms. The van der Waals surface area contributed by atoms with Crippen molar-refractivity contribution in [2.24, 2.45) is 16.2 Å². The van der Waals surface area contributed by atoms with Crippen LogP contribution in [0, 0.1) is 16.2 Å². The maximum atomic E-state index is 13.4. The summed E-state index contributed by atoms with van der Waals surface area (Å²) < 4.78 is 0. The van der Waals surface area contributed by atoms with Gasteiger partial charge in [0.2, 0.25) is 17.5 Å². The van der Waals surface area contributed by atoms with E-state index in [4.69, 9.17) is 0 Å². The summed E-state index contributed by atoms with van der Waals surface area (Å²) in [7, 11) is 3.90. The van der Waals surface area contributed by atoms with E-state index in [2.05, 4.69) is 11.9 Å². The molecular weight excluding hydrogens is 292 g/mol. The summed E-state index contributed by atoms with van der Waals surface area (Å²) in [6.45, 7) is 7.66. The Balaban J connectivity index is 1.92. The van der Waals surface area contributed by atoms with Gasteiger partial charge >= 0.3 is 0 Å². The number of hydrogen-bond acceptors (Lipinski definition) is 4. The minimum atomic E-state index is -1.14. The summed E-state index contributed by atoms with van der Waals surface area (Å²) in [6.07, 6.45) is 3.00. The molecule has 0 radical (unpaired) electrons. The maximum Gasteiger partial charge on any atom is 0.237 e. The van der Waals surface area contributed by atoms with Crippen LogP contribution in [0.25, 0.3) is 0 Å². The average Bonchev–Trinajstić information content (AvgIpc) is 2.79. The molecule has 3 aliphatic rings. The third-order valence-corrected chi connectivity index (χ3v) is 7.46. The van der Waals surface area contributed by atoms with Gasteiger partial charge in [0.05, 0.1) is 0 Å². The van der Waals surface area contributed by atoms with E-state index < -0.39 is 22.0 Å². The molecule has 0 N–H and O–H groups in total. The van der Waals surface area contributed by atoms with Crippen LogP contribution in [0.3, 0.4) is 0 Å². The fraction of sp³-hybridized carbons (Fsp3) is 0.833. The van der Waals surface area contributed by atoms with Crippen molar-refractivity contribution in [1.29, 1.82) is 0 Å². The summed E-state index contributed by atoms with van der Waals surface area (Å²) in [4.78, 5) is 42.7. The van der Waals surface area contributed by atoms with Gasteiger partial charge < -0.3 is 9.80 Å². The molecule has 0 spiro atoms. The predicted octanol–water partition coefficient (Wildman–Crippen LogP) is 1.50. The summed E-state index contributed by atoms with van der Waals surface area (Å²) >= 11 is 0. The molecule has 5 heteroatoms. The van der Waals surface area contributed by atoms with Gasteiger partial charge in [-0.3, -0.25) is 14.4 Å². The minimum absolute atomic E-state index is 0.128. The Kier molecular flexibility index (Phi) is 3.53. The van der Waals surface area contributed by atoms with Gasteiger partial charge in [0.25, 0.3) is 0 Å². The lowest BCUT2D eigenvalue weighted by Gasteiger charge is -2.42. The van der Waals surface area contributed by atoms with E-state index in [0.29, 0.717) is 12.8 Å². The first-order chi connectivity index (χ1) is 10.6. The zero-order chi connectivity index (χ0) is 17.2. The third kappa shape index (κ3) is 1.80. The van der Waals surface area contributed by atoms with Crippen LogP contribution in [-0.4, -0.2) is 60.5 Å². The Morgan fingerprint density at radius 1 is 1.09 bits per heavy atom. The largest absolute Gasteiger partial charge is 0.342 e. The van der Waals surface area contributed by atoms with E-state index in [0.717, 1.165) is 25.9 Å². The van der Waals surface area contributed by atoms with E-state index in [-0.39, 0.29) is 17.7 Å². The number of ketones is 2. The number of hydrogen-bond donors (Lipinski definition) is 0. The van der Waals surface area contributed by atoms with E-state index in [1.54, 1.807) is 4.90 Å². The lowest BCUT2D eigenvalue weighted by atomic mass is 9.64. The molecule has 2 saturated carbocycles. The van der Waals surface area contributed by atoms with Crippen LogP contribution in [0.4, 0.5) is 0 Å². The second kappa shape index (κ2) is 4.88. The zero-order valence-corrected chi connectivity index (χ0v) is 14.9. The number of rotatable bonds is 2. The Morgan fingerprint density at radius 3 is 2.13 bits per heavy atom. The molecule has 2 aliphatic carbocycles. The number of fused-ring (bicyclic) bond motifs is 2. The van der Waals surface area contributed by atoms with Crippen molar-refractivity contribution in [1.82, 2.24) is 9.80 Å². The second-order valence-corrected chi connectivity index (χ2v) is 8.47. The first-order valence-corrected chi connectivity index (χ1v) is 8.64. The highest BCUT2D eigenvalue weighted by atomic mass is 16.2. The third-order valence-electron chi connectivity index (χ3n) is 7.46. The molecule has 1 saturated heterocycles. The van der Waals surface area contributed by atoms with Crippen molar-refractivity contribution in [3.05, 3.63) is 0 Å². The molecule has 5 nitrogen and oxygen atoms in total. The number of carbonyl (C=O) groups excluding carboxylic acids is 3. The molecule has 2 bridgehead atoms. The van der Waals surface area contributed by atoms with Gasteiger partial charge in [-0.15, -0.1) is 0 Å². The molecule has 128 valence electrons. The van der Waals surface area contributed by atoms with Gasteiger partial charge in [0.1, 0.15) is 5.41 Å². The molecule has 3 rings (SSSR count). The van der Waals surface area contributed by atoms with Crippen LogP contribution in [-0.2, 0) is 14.4 Å². The number of nitrogens with zero attached hydrogens (tertiary/aromatic N) is 2. The molecule has 0 aromatic heterocycles. The zero-order valence-electron chi connectivity index (χ0n) is 14.9. The number of likely N-dealkylation sites (tertiary alicyclic amines) is 1. The Morgan fingerprint density at radius 2 is 1.65 bits per heavy atom. The summed E-state index contributed by atoms with van der Waals surface area (Å²) in [5, 5.41) is 0.